The molecule has 2 aliphatic rings. The van der Waals surface area contributed by atoms with E-state index in [1.807, 2.05) is 24.4 Å². The van der Waals surface area contributed by atoms with Gasteiger partial charge in [-0.3, -0.25) is 0 Å². The molecule has 1 fully saturated rings. The molecule has 1 saturated heterocycles. The molecule has 23 heavy (non-hydrogen) atoms. The Kier molecular flexibility index (Phi) is 4.00. The largest absolute Gasteiger partial charge is 0.357 e. The Morgan fingerprint density at radius 2 is 1.96 bits per heavy atom. The lowest BCUT2D eigenvalue weighted by atomic mass is 10.0. The van der Waals surface area contributed by atoms with Crippen LogP contribution in [0, 0.1) is 5.82 Å². The van der Waals surface area contributed by atoms with Crippen LogP contribution in [0.5, 0.6) is 0 Å². The minimum atomic E-state index is -0.123. The normalized spacial score (nSPS) is 21.4. The van der Waals surface area contributed by atoms with Gasteiger partial charge in [-0.05, 0) is 61.1 Å². The molecule has 1 N–H and O–H groups in total. The third kappa shape index (κ3) is 3.08. The molecule has 1 aromatic carbocycles. The first-order valence-corrected chi connectivity index (χ1v) is 8.50. The number of pyridine rings is 1. The number of halogens is 1. The smallest absolute Gasteiger partial charge is 0.128 e. The highest BCUT2D eigenvalue weighted by atomic mass is 19.1. The summed E-state index contributed by atoms with van der Waals surface area (Å²) in [4.78, 5) is 6.78. The van der Waals surface area contributed by atoms with E-state index >= 15 is 0 Å². The van der Waals surface area contributed by atoms with E-state index in [9.17, 15) is 4.39 Å². The second-order valence-electron chi connectivity index (χ2n) is 6.55. The van der Waals surface area contributed by atoms with Gasteiger partial charge in [0.15, 0.2) is 0 Å². The minimum Gasteiger partial charge on any atom is -0.357 e. The van der Waals surface area contributed by atoms with Crippen LogP contribution >= 0.6 is 0 Å². The molecule has 4 heteroatoms. The molecule has 1 aliphatic carbocycles. The van der Waals surface area contributed by atoms with Crippen LogP contribution in [-0.4, -0.2) is 24.1 Å². The van der Waals surface area contributed by atoms with Crippen molar-refractivity contribution in [2.24, 2.45) is 0 Å². The van der Waals surface area contributed by atoms with Crippen LogP contribution in [0.3, 0.4) is 0 Å². The molecule has 0 amide bonds. The Labute approximate surface area is 136 Å². The molecule has 1 aliphatic heterocycles. The summed E-state index contributed by atoms with van der Waals surface area (Å²) in [7, 11) is 0. The zero-order valence-corrected chi connectivity index (χ0v) is 13.2. The summed E-state index contributed by atoms with van der Waals surface area (Å²) in [5, 5.41) is 3.76. The second kappa shape index (κ2) is 6.28. The molecule has 2 aromatic rings. The molecule has 1 atom stereocenters. The first-order chi connectivity index (χ1) is 11.3. The summed E-state index contributed by atoms with van der Waals surface area (Å²) in [6, 6.07) is 12.1. The Morgan fingerprint density at radius 1 is 1.09 bits per heavy atom. The number of hydrogen-bond donors (Lipinski definition) is 1. The molecule has 120 valence electrons. The molecular formula is C19H22FN3. The van der Waals surface area contributed by atoms with Crippen LogP contribution in [0.4, 0.5) is 10.2 Å². The van der Waals surface area contributed by atoms with Gasteiger partial charge in [-0.2, -0.15) is 0 Å². The van der Waals surface area contributed by atoms with Crippen molar-refractivity contribution in [1.82, 2.24) is 10.3 Å². The predicted molar refractivity (Wildman–Crippen MR) is 90.1 cm³/mol. The van der Waals surface area contributed by atoms with Crippen LogP contribution in [0.1, 0.15) is 36.4 Å². The lowest BCUT2D eigenvalue weighted by Crippen LogP contribution is -2.43. The minimum absolute atomic E-state index is 0.123. The van der Waals surface area contributed by atoms with Gasteiger partial charge in [-0.25, -0.2) is 9.37 Å². The van der Waals surface area contributed by atoms with E-state index < -0.39 is 0 Å². The van der Waals surface area contributed by atoms with Gasteiger partial charge in [0.2, 0.25) is 0 Å². The molecular weight excluding hydrogens is 289 g/mol. The van der Waals surface area contributed by atoms with Crippen molar-refractivity contribution >= 4 is 5.82 Å². The number of aromatic nitrogens is 1. The van der Waals surface area contributed by atoms with Crippen molar-refractivity contribution < 1.29 is 4.39 Å². The standard InChI is InChI=1S/C19H22FN3/c20-15-6-4-14-5-7-18(17(14)13-15)22-16-8-11-23(12-9-16)19-3-1-2-10-21-19/h1-4,6,10,13,16,18,22H,5,7-9,11-12H2. The summed E-state index contributed by atoms with van der Waals surface area (Å²) in [6.07, 6.45) is 6.21. The highest BCUT2D eigenvalue weighted by Crippen LogP contribution is 2.32. The summed E-state index contributed by atoms with van der Waals surface area (Å²) in [5.74, 6) is 0.946. The maximum atomic E-state index is 13.5. The van der Waals surface area contributed by atoms with E-state index in [-0.39, 0.29) is 5.82 Å². The van der Waals surface area contributed by atoms with Gasteiger partial charge in [-0.15, -0.1) is 0 Å². The van der Waals surface area contributed by atoms with Crippen molar-refractivity contribution in [2.45, 2.75) is 37.8 Å². The van der Waals surface area contributed by atoms with Crippen LogP contribution in [0.25, 0.3) is 0 Å². The monoisotopic (exact) mass is 311 g/mol. The van der Waals surface area contributed by atoms with Gasteiger partial charge in [0.1, 0.15) is 11.6 Å². The van der Waals surface area contributed by atoms with Gasteiger partial charge in [0, 0.05) is 31.4 Å². The first kappa shape index (κ1) is 14.6. The number of nitrogens with one attached hydrogen (secondary N) is 1. The van der Waals surface area contributed by atoms with Crippen LogP contribution in [0.2, 0.25) is 0 Å². The fourth-order valence-electron chi connectivity index (χ4n) is 3.85. The summed E-state index contributed by atoms with van der Waals surface area (Å²) in [6.45, 7) is 2.05. The lowest BCUT2D eigenvalue weighted by molar-refractivity contribution is 0.367. The Hall–Kier alpha value is -1.94. The third-order valence-electron chi connectivity index (χ3n) is 5.09. The van der Waals surface area contributed by atoms with Crippen LogP contribution < -0.4 is 10.2 Å². The number of piperidine rings is 1. The van der Waals surface area contributed by atoms with E-state index in [0.29, 0.717) is 12.1 Å². The average molecular weight is 311 g/mol. The van der Waals surface area contributed by atoms with Gasteiger partial charge in [0.25, 0.3) is 0 Å². The van der Waals surface area contributed by atoms with Crippen molar-refractivity contribution in [3.05, 3.63) is 59.5 Å². The molecule has 3 nitrogen and oxygen atoms in total. The fraction of sp³-hybridized carbons (Fsp3) is 0.421. The Morgan fingerprint density at radius 3 is 2.74 bits per heavy atom. The van der Waals surface area contributed by atoms with E-state index in [1.165, 1.54) is 5.56 Å². The van der Waals surface area contributed by atoms with Crippen molar-refractivity contribution in [1.29, 1.82) is 0 Å². The van der Waals surface area contributed by atoms with Gasteiger partial charge < -0.3 is 10.2 Å². The van der Waals surface area contributed by atoms with Crippen molar-refractivity contribution in [3.8, 4) is 0 Å². The predicted octanol–water partition coefficient (Wildman–Crippen LogP) is 3.47. The maximum absolute atomic E-state index is 13.5. The SMILES string of the molecule is Fc1ccc2c(c1)C(NC1CCN(c3ccccn3)CC1)CC2. The van der Waals surface area contributed by atoms with E-state index in [4.69, 9.17) is 0 Å². The van der Waals surface area contributed by atoms with Gasteiger partial charge in [-0.1, -0.05) is 12.1 Å². The average Bonchev–Trinajstić information content (AvgIpc) is 2.98. The van der Waals surface area contributed by atoms with Crippen molar-refractivity contribution in [2.75, 3.05) is 18.0 Å². The molecule has 0 saturated carbocycles. The number of aryl methyl sites for hydroxylation is 1. The second-order valence-corrected chi connectivity index (χ2v) is 6.55. The quantitative estimate of drug-likeness (QED) is 0.941. The lowest BCUT2D eigenvalue weighted by Gasteiger charge is -2.34. The summed E-state index contributed by atoms with van der Waals surface area (Å²) in [5.41, 5.74) is 2.46. The zero-order chi connectivity index (χ0) is 15.6. The van der Waals surface area contributed by atoms with Crippen molar-refractivity contribution in [3.63, 3.8) is 0 Å². The highest BCUT2D eigenvalue weighted by molar-refractivity contribution is 5.38. The first-order valence-electron chi connectivity index (χ1n) is 8.50. The molecule has 4 rings (SSSR count). The van der Waals surface area contributed by atoms with E-state index in [0.717, 1.165) is 50.2 Å². The number of hydrogen-bond acceptors (Lipinski definition) is 3. The van der Waals surface area contributed by atoms with E-state index in [2.05, 4.69) is 21.3 Å². The van der Waals surface area contributed by atoms with Gasteiger partial charge in [0.05, 0.1) is 0 Å². The van der Waals surface area contributed by atoms with Crippen LogP contribution in [0.15, 0.2) is 42.6 Å². The van der Waals surface area contributed by atoms with E-state index in [1.54, 1.807) is 12.1 Å². The number of rotatable bonds is 3. The van der Waals surface area contributed by atoms with Gasteiger partial charge >= 0.3 is 0 Å². The van der Waals surface area contributed by atoms with Crippen LogP contribution in [-0.2, 0) is 6.42 Å². The molecule has 0 spiro atoms. The highest BCUT2D eigenvalue weighted by Gasteiger charge is 2.27. The number of anilines is 1. The number of fused-ring (bicyclic) bond motifs is 1. The molecule has 0 radical (unpaired) electrons. The summed E-state index contributed by atoms with van der Waals surface area (Å²) < 4.78 is 13.5. The fourth-order valence-corrected chi connectivity index (χ4v) is 3.85. The number of benzene rings is 1. The zero-order valence-electron chi connectivity index (χ0n) is 13.2. The molecule has 1 aromatic heterocycles. The maximum Gasteiger partial charge on any atom is 0.128 e. The Balaban J connectivity index is 1.37. The third-order valence-corrected chi connectivity index (χ3v) is 5.09. The Bertz CT molecular complexity index is 666. The molecule has 2 heterocycles. The molecule has 1 unspecified atom stereocenters. The summed E-state index contributed by atoms with van der Waals surface area (Å²) >= 11 is 0. The topological polar surface area (TPSA) is 28.2 Å². The molecule has 0 bridgehead atoms. The number of nitrogens with zero attached hydrogens (tertiary/aromatic N) is 2.